The third kappa shape index (κ3) is 7.45. The van der Waals surface area contributed by atoms with Crippen molar-refractivity contribution in [1.82, 2.24) is 9.13 Å². The summed E-state index contributed by atoms with van der Waals surface area (Å²) in [6.45, 7) is -0.809. The van der Waals surface area contributed by atoms with E-state index in [4.69, 9.17) is 24.5 Å². The number of aromatic nitrogens is 2. The number of aliphatic hydroxyl groups is 2. The second kappa shape index (κ2) is 11.4. The molecule has 1 fully saturated rings. The van der Waals surface area contributed by atoms with Crippen LogP contribution in [-0.2, 0) is 36.9 Å². The van der Waals surface area contributed by atoms with Crippen molar-refractivity contribution in [3.05, 3.63) is 63.6 Å². The summed E-state index contributed by atoms with van der Waals surface area (Å²) in [6, 6.07) is 7.24. The number of hydrogen-bond acceptors (Lipinski definition) is 10. The fourth-order valence-corrected chi connectivity index (χ4v) is 5.92. The van der Waals surface area contributed by atoms with Gasteiger partial charge < -0.3 is 44.1 Å². The van der Waals surface area contributed by atoms with Gasteiger partial charge in [-0.2, -0.15) is 0 Å². The van der Waals surface area contributed by atoms with Gasteiger partial charge in [0.25, 0.3) is 0 Å². The van der Waals surface area contributed by atoms with Crippen molar-refractivity contribution in [3.63, 3.8) is 0 Å². The molecule has 0 spiro atoms. The van der Waals surface area contributed by atoms with Crippen LogP contribution < -0.4 is 11.2 Å². The normalized spacial score (nSPS) is 24.1. The summed E-state index contributed by atoms with van der Waals surface area (Å²) >= 11 is 0. The number of carboxylic acids is 1. The van der Waals surface area contributed by atoms with Gasteiger partial charge in [-0.1, -0.05) is 17.3 Å². The lowest BCUT2D eigenvalue weighted by molar-refractivity contribution is -0.0530. The van der Waals surface area contributed by atoms with Gasteiger partial charge in [0.15, 0.2) is 17.6 Å². The number of aliphatic hydroxyl groups excluding tert-OH is 2. The lowest BCUT2D eigenvalue weighted by Gasteiger charge is -2.19. The number of carboxylic acid groups (broad SMARTS) is 1. The standard InChI is InChI=1S/C19H25N3O13P2/c1-21-14(20-33-8-11-2-4-12(5-3-11)18(25)26)6-7-22(19(21)27)17-16(24)15(23)13(35-17)9-34-37(31,32)10-36(28,29)30/h2-7,13,15-17,23-24H,8-10H2,1H3,(H,25,26)(H,31,32)(H2,28,29,30)/b20-14-/t13-,15-,16-,17-/m1/s1. The van der Waals surface area contributed by atoms with E-state index >= 15 is 0 Å². The summed E-state index contributed by atoms with van der Waals surface area (Å²) in [6.07, 6.45) is -4.92. The smallest absolute Gasteiger partial charge is 0.340 e. The van der Waals surface area contributed by atoms with Crippen LogP contribution in [0, 0.1) is 0 Å². The third-order valence-electron chi connectivity index (χ3n) is 5.24. The number of carbonyl (C=O) groups is 1. The van der Waals surface area contributed by atoms with E-state index in [9.17, 15) is 33.8 Å². The minimum absolute atomic E-state index is 0.0158. The second-order valence-corrected chi connectivity index (χ2v) is 12.1. The molecule has 1 aromatic heterocycles. The maximum absolute atomic E-state index is 12.8. The molecule has 5 atom stereocenters. The monoisotopic (exact) mass is 565 g/mol. The van der Waals surface area contributed by atoms with Crippen molar-refractivity contribution in [1.29, 1.82) is 0 Å². The van der Waals surface area contributed by atoms with Crippen LogP contribution in [0.25, 0.3) is 0 Å². The van der Waals surface area contributed by atoms with E-state index in [0.717, 1.165) is 9.13 Å². The van der Waals surface area contributed by atoms with E-state index in [0.29, 0.717) is 5.56 Å². The Kier molecular flexibility index (Phi) is 8.90. The average molecular weight is 565 g/mol. The summed E-state index contributed by atoms with van der Waals surface area (Å²) in [5.74, 6) is -2.51. The average Bonchev–Trinajstić information content (AvgIpc) is 3.08. The molecule has 1 saturated heterocycles. The third-order valence-corrected chi connectivity index (χ3v) is 8.70. The fourth-order valence-electron chi connectivity index (χ4n) is 3.36. The van der Waals surface area contributed by atoms with Crippen LogP contribution in [-0.4, -0.2) is 75.9 Å². The molecule has 0 aliphatic carbocycles. The number of aromatic carboxylic acids is 1. The van der Waals surface area contributed by atoms with Gasteiger partial charge in [0, 0.05) is 19.3 Å². The summed E-state index contributed by atoms with van der Waals surface area (Å²) in [4.78, 5) is 56.2. The number of rotatable bonds is 10. The second-order valence-electron chi connectivity index (χ2n) is 8.08. The Morgan fingerprint density at radius 2 is 1.76 bits per heavy atom. The largest absolute Gasteiger partial charge is 0.478 e. The molecular weight excluding hydrogens is 540 g/mol. The fraction of sp³-hybridized carbons (Fsp3) is 0.421. The Hall–Kier alpha value is -2.65. The van der Waals surface area contributed by atoms with E-state index in [2.05, 4.69) is 9.68 Å². The minimum atomic E-state index is -4.86. The van der Waals surface area contributed by atoms with Crippen LogP contribution >= 0.6 is 15.2 Å². The molecule has 1 aromatic carbocycles. The quantitative estimate of drug-likeness (QED) is 0.148. The van der Waals surface area contributed by atoms with Crippen molar-refractivity contribution in [2.75, 3.05) is 12.5 Å². The number of nitrogens with zero attached hydrogens (tertiary/aromatic N) is 3. The van der Waals surface area contributed by atoms with Crippen molar-refractivity contribution in [2.24, 2.45) is 12.2 Å². The lowest BCUT2D eigenvalue weighted by Crippen LogP contribution is -2.42. The molecule has 204 valence electrons. The number of ether oxygens (including phenoxy) is 1. The van der Waals surface area contributed by atoms with Gasteiger partial charge in [-0.25, -0.2) is 9.59 Å². The first-order valence-electron chi connectivity index (χ1n) is 10.5. The molecule has 18 heteroatoms. The zero-order valence-electron chi connectivity index (χ0n) is 19.2. The summed E-state index contributed by atoms with van der Waals surface area (Å²) in [7, 11) is -8.24. The molecule has 37 heavy (non-hydrogen) atoms. The molecule has 2 aromatic rings. The molecule has 0 radical (unpaired) electrons. The Balaban J connectivity index is 1.69. The van der Waals surface area contributed by atoms with Crippen molar-refractivity contribution >= 4 is 21.2 Å². The molecule has 3 rings (SSSR count). The van der Waals surface area contributed by atoms with E-state index in [1.165, 1.54) is 31.4 Å². The van der Waals surface area contributed by atoms with Crippen molar-refractivity contribution in [2.45, 2.75) is 31.1 Å². The topological polar surface area (TPSA) is 240 Å². The van der Waals surface area contributed by atoms with Crippen LogP contribution in [0.4, 0.5) is 0 Å². The van der Waals surface area contributed by atoms with Gasteiger partial charge in [0.05, 0.1) is 12.2 Å². The highest BCUT2D eigenvalue weighted by atomic mass is 31.2. The van der Waals surface area contributed by atoms with Crippen LogP contribution in [0.2, 0.25) is 0 Å². The molecule has 0 saturated carbocycles. The van der Waals surface area contributed by atoms with Crippen LogP contribution in [0.1, 0.15) is 22.1 Å². The predicted octanol–water partition coefficient (Wildman–Crippen LogP) is -1.13. The molecule has 6 N–H and O–H groups in total. The SMILES string of the molecule is Cn1c(=O)n([C@@H]2O[C@H](COP(=O)(O)CP(=O)(O)O)[C@@H](O)[C@H]2O)cc/c1=N/OCc1ccc(C(=O)O)cc1. The van der Waals surface area contributed by atoms with Crippen LogP contribution in [0.5, 0.6) is 0 Å². The zero-order chi connectivity index (χ0) is 27.5. The highest BCUT2D eigenvalue weighted by Gasteiger charge is 2.45. The predicted molar refractivity (Wildman–Crippen MR) is 122 cm³/mol. The highest BCUT2D eigenvalue weighted by molar-refractivity contribution is 7.70. The zero-order valence-corrected chi connectivity index (χ0v) is 21.0. The Bertz CT molecular complexity index is 1350. The number of hydrogen-bond donors (Lipinski definition) is 6. The van der Waals surface area contributed by atoms with Gasteiger partial charge >= 0.3 is 26.9 Å². The van der Waals surface area contributed by atoms with E-state index in [-0.39, 0.29) is 17.7 Å². The molecule has 1 aliphatic rings. The maximum Gasteiger partial charge on any atom is 0.340 e. The van der Waals surface area contributed by atoms with Gasteiger partial charge in [-0.15, -0.1) is 0 Å². The molecule has 1 aliphatic heterocycles. The van der Waals surface area contributed by atoms with Crippen molar-refractivity contribution in [3.8, 4) is 0 Å². The Labute approximate surface area is 208 Å². The molecule has 0 amide bonds. The molecule has 1 unspecified atom stereocenters. The van der Waals surface area contributed by atoms with Gasteiger partial charge in [0.1, 0.15) is 24.9 Å². The van der Waals surface area contributed by atoms with Gasteiger partial charge in [-0.3, -0.25) is 18.3 Å². The van der Waals surface area contributed by atoms with Crippen LogP contribution in [0.3, 0.4) is 0 Å². The van der Waals surface area contributed by atoms with E-state index < -0.39 is 63.9 Å². The summed E-state index contributed by atoms with van der Waals surface area (Å²) in [5, 5.41) is 33.4. The van der Waals surface area contributed by atoms with Gasteiger partial charge in [0.2, 0.25) is 0 Å². The number of benzene rings is 1. The Morgan fingerprint density at radius 3 is 2.35 bits per heavy atom. The Morgan fingerprint density at radius 1 is 1.11 bits per heavy atom. The molecule has 16 nitrogen and oxygen atoms in total. The molecule has 0 bridgehead atoms. The first-order chi connectivity index (χ1) is 17.2. The van der Waals surface area contributed by atoms with Crippen molar-refractivity contribution < 1.29 is 58.0 Å². The molecular formula is C19H25N3O13P2. The maximum atomic E-state index is 12.8. The highest BCUT2D eigenvalue weighted by Crippen LogP contribution is 2.55. The lowest BCUT2D eigenvalue weighted by atomic mass is 10.1. The van der Waals surface area contributed by atoms with E-state index in [1.807, 2.05) is 0 Å². The van der Waals surface area contributed by atoms with E-state index in [1.54, 1.807) is 12.1 Å². The minimum Gasteiger partial charge on any atom is -0.478 e. The first-order valence-corrected chi connectivity index (χ1v) is 14.0. The van der Waals surface area contributed by atoms with Crippen LogP contribution in [0.15, 0.2) is 46.5 Å². The van der Waals surface area contributed by atoms with Gasteiger partial charge in [-0.05, 0) is 17.7 Å². The summed E-state index contributed by atoms with van der Waals surface area (Å²) < 4.78 is 34.8. The molecule has 2 heterocycles. The summed E-state index contributed by atoms with van der Waals surface area (Å²) in [5.41, 5.74) is 0.0814. The first kappa shape index (κ1) is 28.9.